The Hall–Kier alpha value is -2.49. The Labute approximate surface area is 190 Å². The number of aromatic nitrogens is 4. The monoisotopic (exact) mass is 459 g/mol. The summed E-state index contributed by atoms with van der Waals surface area (Å²) >= 11 is 0. The van der Waals surface area contributed by atoms with E-state index in [1.807, 2.05) is 6.07 Å². The van der Waals surface area contributed by atoms with Crippen molar-refractivity contribution in [3.8, 4) is 11.3 Å². The molecule has 3 unspecified atom stereocenters. The van der Waals surface area contributed by atoms with Crippen molar-refractivity contribution >= 4 is 11.9 Å². The normalized spacial score (nSPS) is 31.5. The number of rotatable bonds is 4. The first-order valence-corrected chi connectivity index (χ1v) is 11.8. The van der Waals surface area contributed by atoms with Gasteiger partial charge < -0.3 is 10.6 Å². The maximum Gasteiger partial charge on any atom is 0.401 e. The van der Waals surface area contributed by atoms with E-state index in [1.165, 1.54) is 12.8 Å². The minimum atomic E-state index is -4.16. The van der Waals surface area contributed by atoms with Crippen molar-refractivity contribution in [3.05, 3.63) is 24.2 Å². The Morgan fingerprint density at radius 3 is 2.39 bits per heavy atom. The third kappa shape index (κ3) is 4.13. The number of hydrogen-bond donors (Lipinski definition) is 1. The second-order valence-electron chi connectivity index (χ2n) is 10.3. The first-order valence-electron chi connectivity index (χ1n) is 11.8. The van der Waals surface area contributed by atoms with Gasteiger partial charge in [0.05, 0.1) is 12.2 Å². The molecule has 5 fully saturated rings. The number of hydrogen-bond acceptors (Lipinski definition) is 7. The number of fused-ring (bicyclic) bond motifs is 3. The minimum absolute atomic E-state index is 0.0505. The van der Waals surface area contributed by atoms with Crippen LogP contribution in [-0.4, -0.2) is 62.7 Å². The number of anilines is 2. The predicted octanol–water partition coefficient (Wildman–Crippen LogP) is 3.63. The molecule has 5 aliphatic rings. The Morgan fingerprint density at radius 2 is 1.70 bits per heavy atom. The molecule has 176 valence electrons. The molecule has 7 rings (SSSR count). The van der Waals surface area contributed by atoms with Gasteiger partial charge in [-0.2, -0.15) is 13.2 Å². The van der Waals surface area contributed by atoms with Crippen molar-refractivity contribution in [2.75, 3.05) is 30.3 Å². The third-order valence-corrected chi connectivity index (χ3v) is 7.96. The molecule has 2 aromatic rings. The van der Waals surface area contributed by atoms with Crippen LogP contribution in [0.5, 0.6) is 0 Å². The molecule has 2 aliphatic carbocycles. The first kappa shape index (κ1) is 21.1. The molecule has 7 nitrogen and oxygen atoms in total. The molecule has 0 aromatic carbocycles. The van der Waals surface area contributed by atoms with Crippen molar-refractivity contribution in [1.29, 1.82) is 0 Å². The second kappa shape index (κ2) is 7.78. The standard InChI is InChI=1S/C23H28F3N7/c24-23(25,26)12-32-10-13-1-2-15(6-17(32)3-13)19-7-20(16-8-28-21(27)29-9-16)31-22(30-19)33-11-14-4-18(33)5-14/h7-9,13-15,17-18H,1-6,10-12H2,(H2,27,28,29). The van der Waals surface area contributed by atoms with Gasteiger partial charge in [0, 0.05) is 54.7 Å². The lowest BCUT2D eigenvalue weighted by Crippen LogP contribution is -2.39. The summed E-state index contributed by atoms with van der Waals surface area (Å²) in [6, 6.07) is 2.43. The van der Waals surface area contributed by atoms with Crippen LogP contribution < -0.4 is 10.6 Å². The van der Waals surface area contributed by atoms with E-state index in [-0.39, 0.29) is 17.9 Å². The molecule has 0 spiro atoms. The van der Waals surface area contributed by atoms with Gasteiger partial charge in [-0.25, -0.2) is 19.9 Å². The zero-order valence-electron chi connectivity index (χ0n) is 18.4. The van der Waals surface area contributed by atoms with Crippen LogP contribution in [0, 0.1) is 11.8 Å². The fourth-order valence-electron chi connectivity index (χ4n) is 6.30. The predicted molar refractivity (Wildman–Crippen MR) is 117 cm³/mol. The summed E-state index contributed by atoms with van der Waals surface area (Å²) in [5.41, 5.74) is 8.12. The molecule has 10 heteroatoms. The van der Waals surface area contributed by atoms with Gasteiger partial charge in [-0.05, 0) is 56.4 Å². The fourth-order valence-corrected chi connectivity index (χ4v) is 6.30. The number of nitrogen functional groups attached to an aromatic ring is 1. The Morgan fingerprint density at radius 1 is 0.939 bits per heavy atom. The smallest absolute Gasteiger partial charge is 0.368 e. The minimum Gasteiger partial charge on any atom is -0.368 e. The Balaban J connectivity index is 1.32. The molecular weight excluding hydrogens is 431 g/mol. The lowest BCUT2D eigenvalue weighted by molar-refractivity contribution is -0.148. The number of nitrogens with two attached hydrogens (primary N) is 1. The van der Waals surface area contributed by atoms with Crippen LogP contribution in [0.25, 0.3) is 11.3 Å². The van der Waals surface area contributed by atoms with Gasteiger partial charge in [-0.1, -0.05) is 0 Å². The number of halogens is 3. The van der Waals surface area contributed by atoms with Crippen molar-refractivity contribution in [1.82, 2.24) is 24.8 Å². The maximum absolute atomic E-state index is 13.1. The van der Waals surface area contributed by atoms with E-state index in [2.05, 4.69) is 14.9 Å². The molecule has 2 saturated carbocycles. The van der Waals surface area contributed by atoms with Gasteiger partial charge in [0.25, 0.3) is 0 Å². The van der Waals surface area contributed by atoms with E-state index < -0.39 is 12.7 Å². The van der Waals surface area contributed by atoms with Gasteiger partial charge in [-0.3, -0.25) is 4.90 Å². The van der Waals surface area contributed by atoms with E-state index in [0.29, 0.717) is 24.9 Å². The fraction of sp³-hybridized carbons (Fsp3) is 0.652. The van der Waals surface area contributed by atoms with Crippen LogP contribution in [0.2, 0.25) is 0 Å². The molecule has 2 N–H and O–H groups in total. The quantitative estimate of drug-likeness (QED) is 0.747. The summed E-state index contributed by atoms with van der Waals surface area (Å²) in [6.07, 6.45) is 4.98. The molecular formula is C23H28F3N7. The molecule has 3 atom stereocenters. The number of nitrogens with zero attached hydrogens (tertiary/aromatic N) is 6. The zero-order valence-corrected chi connectivity index (χ0v) is 18.4. The van der Waals surface area contributed by atoms with Gasteiger partial charge in [0.1, 0.15) is 0 Å². The Kier molecular flexibility index (Phi) is 4.97. The van der Waals surface area contributed by atoms with Crippen molar-refractivity contribution in [3.63, 3.8) is 0 Å². The highest BCUT2D eigenvalue weighted by atomic mass is 19.4. The van der Waals surface area contributed by atoms with E-state index in [9.17, 15) is 13.2 Å². The van der Waals surface area contributed by atoms with Gasteiger partial charge in [0.2, 0.25) is 11.9 Å². The van der Waals surface area contributed by atoms with E-state index in [1.54, 1.807) is 17.3 Å². The average molecular weight is 460 g/mol. The van der Waals surface area contributed by atoms with Crippen LogP contribution in [0.1, 0.15) is 50.1 Å². The molecule has 3 aliphatic heterocycles. The second-order valence-corrected chi connectivity index (χ2v) is 10.3. The molecule has 33 heavy (non-hydrogen) atoms. The summed E-state index contributed by atoms with van der Waals surface area (Å²) < 4.78 is 39.4. The summed E-state index contributed by atoms with van der Waals surface area (Å²) in [5, 5.41) is 0. The molecule has 0 amide bonds. The topological polar surface area (TPSA) is 84.1 Å². The third-order valence-electron chi connectivity index (χ3n) is 7.96. The summed E-state index contributed by atoms with van der Waals surface area (Å²) in [5.74, 6) is 2.10. The van der Waals surface area contributed by atoms with E-state index in [0.717, 1.165) is 54.6 Å². The molecule has 0 radical (unpaired) electrons. The lowest BCUT2D eigenvalue weighted by Gasteiger charge is -2.30. The van der Waals surface area contributed by atoms with Crippen LogP contribution >= 0.6 is 0 Å². The molecule has 5 heterocycles. The van der Waals surface area contributed by atoms with Crippen molar-refractivity contribution in [2.45, 2.75) is 62.7 Å². The number of likely N-dealkylation sites (tertiary alicyclic amines) is 1. The van der Waals surface area contributed by atoms with Gasteiger partial charge in [0.15, 0.2) is 0 Å². The van der Waals surface area contributed by atoms with E-state index in [4.69, 9.17) is 15.7 Å². The van der Waals surface area contributed by atoms with Crippen molar-refractivity contribution in [2.24, 2.45) is 11.8 Å². The van der Waals surface area contributed by atoms with Crippen molar-refractivity contribution < 1.29 is 13.2 Å². The average Bonchev–Trinajstić information content (AvgIpc) is 3.40. The Bertz CT molecular complexity index is 1020. The largest absolute Gasteiger partial charge is 0.401 e. The number of alkyl halides is 3. The first-order chi connectivity index (χ1) is 15.8. The van der Waals surface area contributed by atoms with Crippen LogP contribution in [0.4, 0.5) is 25.1 Å². The lowest BCUT2D eigenvalue weighted by atomic mass is 9.86. The highest BCUT2D eigenvalue weighted by Crippen LogP contribution is 2.44. The summed E-state index contributed by atoms with van der Waals surface area (Å²) in [4.78, 5) is 22.0. The van der Waals surface area contributed by atoms with Gasteiger partial charge in [-0.15, -0.1) is 0 Å². The summed E-state index contributed by atoms with van der Waals surface area (Å²) in [6.45, 7) is 0.706. The highest BCUT2D eigenvalue weighted by molar-refractivity contribution is 5.60. The maximum atomic E-state index is 13.1. The molecule has 3 saturated heterocycles. The SMILES string of the molecule is Nc1ncc(-c2cc(C3CCC4CC(C3)N(CC(F)(F)F)C4)nc(N3CC4CC3C4)n2)cn1. The molecule has 2 aromatic heterocycles. The molecule has 4 bridgehead atoms. The van der Waals surface area contributed by atoms with Crippen LogP contribution in [0.15, 0.2) is 18.5 Å². The summed E-state index contributed by atoms with van der Waals surface area (Å²) in [7, 11) is 0. The van der Waals surface area contributed by atoms with E-state index >= 15 is 0 Å². The highest BCUT2D eigenvalue weighted by Gasteiger charge is 2.45. The van der Waals surface area contributed by atoms with Crippen LogP contribution in [-0.2, 0) is 0 Å². The van der Waals surface area contributed by atoms with Crippen LogP contribution in [0.3, 0.4) is 0 Å². The van der Waals surface area contributed by atoms with Gasteiger partial charge >= 0.3 is 6.18 Å². The zero-order chi connectivity index (χ0) is 22.7.